The maximum absolute atomic E-state index is 14.6. The van der Waals surface area contributed by atoms with Crippen molar-refractivity contribution < 1.29 is 33.0 Å². The summed E-state index contributed by atoms with van der Waals surface area (Å²) in [5.74, 6) is -2.71. The number of aliphatic hydroxyl groups excluding tert-OH is 1. The smallest absolute Gasteiger partial charge is 0.292 e. The average Bonchev–Trinajstić information content (AvgIpc) is 3.60. The molecule has 5 rings (SSSR count). The molecule has 1 saturated heterocycles. The van der Waals surface area contributed by atoms with E-state index < -0.39 is 35.5 Å². The lowest BCUT2D eigenvalue weighted by atomic mass is 10.00. The number of aromatic nitrogens is 2. The van der Waals surface area contributed by atoms with Gasteiger partial charge in [0.15, 0.2) is 17.3 Å². The Kier molecular flexibility index (Phi) is 7.15. The van der Waals surface area contributed by atoms with Crippen LogP contribution in [0.5, 0.6) is 11.5 Å². The molecule has 2 aromatic carbocycles. The first kappa shape index (κ1) is 24.8. The third-order valence-electron chi connectivity index (χ3n) is 6.45. The quantitative estimate of drug-likeness (QED) is 0.353. The largest absolute Gasteiger partial charge is 0.486 e. The number of nitrogens with zero attached hydrogens (tertiary/aromatic N) is 3. The molecule has 1 amide bonds. The number of Topliss-reactive ketones (excluding diaryl/α,β-unsaturated/α-hetero) is 1. The van der Waals surface area contributed by atoms with Gasteiger partial charge in [-0.05, 0) is 67.9 Å². The SMILES string of the molecule is O=C(N[C@H](CN1CCCC1)[C@H](O)c1cc(F)c2c(c1)OCCO2)C(=O)c1cnn(-c2ccc(F)cc2)c1. The number of benzene rings is 2. The van der Waals surface area contributed by atoms with Crippen molar-refractivity contribution in [1.29, 1.82) is 0 Å². The number of hydrogen-bond donors (Lipinski definition) is 2. The van der Waals surface area contributed by atoms with Gasteiger partial charge >= 0.3 is 0 Å². The number of hydrogen-bond acceptors (Lipinski definition) is 7. The first-order valence-electron chi connectivity index (χ1n) is 12.0. The van der Waals surface area contributed by atoms with Gasteiger partial charge in [-0.3, -0.25) is 9.59 Å². The van der Waals surface area contributed by atoms with Crippen molar-refractivity contribution in [2.45, 2.75) is 25.0 Å². The van der Waals surface area contributed by atoms with Gasteiger partial charge < -0.3 is 24.8 Å². The number of ether oxygens (including phenoxy) is 2. The van der Waals surface area contributed by atoms with Gasteiger partial charge in [-0.15, -0.1) is 0 Å². The van der Waals surface area contributed by atoms with Crippen molar-refractivity contribution in [3.63, 3.8) is 0 Å². The fourth-order valence-electron chi connectivity index (χ4n) is 4.54. The van der Waals surface area contributed by atoms with Crippen LogP contribution in [-0.4, -0.2) is 70.4 Å². The summed E-state index contributed by atoms with van der Waals surface area (Å²) in [6, 6.07) is 7.24. The zero-order valence-electron chi connectivity index (χ0n) is 19.9. The van der Waals surface area contributed by atoms with Gasteiger partial charge in [-0.25, -0.2) is 13.5 Å². The number of likely N-dealkylation sites (tertiary alicyclic amines) is 1. The van der Waals surface area contributed by atoms with E-state index in [0.717, 1.165) is 32.0 Å². The van der Waals surface area contributed by atoms with Crippen molar-refractivity contribution in [1.82, 2.24) is 20.0 Å². The van der Waals surface area contributed by atoms with E-state index in [-0.39, 0.29) is 42.4 Å². The molecule has 0 radical (unpaired) electrons. The molecular weight excluding hydrogens is 486 g/mol. The lowest BCUT2D eigenvalue weighted by Crippen LogP contribution is -2.48. The molecule has 3 aromatic rings. The summed E-state index contributed by atoms with van der Waals surface area (Å²) in [5.41, 5.74) is 0.744. The van der Waals surface area contributed by atoms with Crippen molar-refractivity contribution in [3.8, 4) is 17.2 Å². The van der Waals surface area contributed by atoms with Gasteiger partial charge in [-0.1, -0.05) is 0 Å². The number of halogens is 2. The second-order valence-electron chi connectivity index (χ2n) is 9.04. The highest BCUT2D eigenvalue weighted by Crippen LogP contribution is 2.36. The molecule has 2 aliphatic heterocycles. The van der Waals surface area contributed by atoms with E-state index in [0.29, 0.717) is 5.69 Å². The molecule has 0 spiro atoms. The van der Waals surface area contributed by atoms with Gasteiger partial charge in [0.1, 0.15) is 25.1 Å². The predicted molar refractivity (Wildman–Crippen MR) is 128 cm³/mol. The lowest BCUT2D eigenvalue weighted by Gasteiger charge is -2.29. The Hall–Kier alpha value is -3.83. The van der Waals surface area contributed by atoms with Crippen LogP contribution in [0.1, 0.15) is 34.9 Å². The van der Waals surface area contributed by atoms with Crippen LogP contribution >= 0.6 is 0 Å². The fourth-order valence-corrected chi connectivity index (χ4v) is 4.54. The molecule has 2 N–H and O–H groups in total. The molecule has 2 atom stereocenters. The third-order valence-corrected chi connectivity index (χ3v) is 6.45. The molecule has 0 bridgehead atoms. The maximum atomic E-state index is 14.6. The highest BCUT2D eigenvalue weighted by molar-refractivity contribution is 6.42. The van der Waals surface area contributed by atoms with E-state index in [1.807, 2.05) is 0 Å². The van der Waals surface area contributed by atoms with E-state index in [4.69, 9.17) is 9.47 Å². The molecule has 9 nitrogen and oxygen atoms in total. The topological polar surface area (TPSA) is 106 Å². The summed E-state index contributed by atoms with van der Waals surface area (Å²) < 4.78 is 40.0. The van der Waals surface area contributed by atoms with Gasteiger partial charge in [0.2, 0.25) is 0 Å². The summed E-state index contributed by atoms with van der Waals surface area (Å²) in [4.78, 5) is 27.9. The molecule has 0 unspecified atom stereocenters. The van der Waals surface area contributed by atoms with E-state index in [1.54, 1.807) is 0 Å². The van der Waals surface area contributed by atoms with Gasteiger partial charge in [0.05, 0.1) is 23.5 Å². The van der Waals surface area contributed by atoms with Crippen molar-refractivity contribution in [2.75, 3.05) is 32.8 Å². The molecule has 194 valence electrons. The minimum Gasteiger partial charge on any atom is -0.486 e. The standard InChI is InChI=1S/C26H26F2N4O5/c27-18-3-5-19(6-4-18)32-14-17(13-29-32)24(34)26(35)30-21(15-31-7-1-2-8-31)23(33)16-11-20(28)25-22(12-16)36-9-10-37-25/h3-6,11-14,21,23,33H,1-2,7-10,15H2,(H,30,35)/t21-,23-/m1/s1. The van der Waals surface area contributed by atoms with Crippen molar-refractivity contribution in [2.24, 2.45) is 0 Å². The first-order chi connectivity index (χ1) is 17.9. The summed E-state index contributed by atoms with van der Waals surface area (Å²) in [5, 5.41) is 17.9. The summed E-state index contributed by atoms with van der Waals surface area (Å²) in [6.07, 6.45) is 3.27. The van der Waals surface area contributed by atoms with Crippen LogP contribution in [0.3, 0.4) is 0 Å². The van der Waals surface area contributed by atoms with Crippen LogP contribution in [0.4, 0.5) is 8.78 Å². The molecule has 3 heterocycles. The van der Waals surface area contributed by atoms with Gasteiger partial charge in [0.25, 0.3) is 11.7 Å². The molecule has 37 heavy (non-hydrogen) atoms. The second kappa shape index (κ2) is 10.7. The van der Waals surface area contributed by atoms with E-state index in [2.05, 4.69) is 15.3 Å². The number of carbonyl (C=O) groups excluding carboxylic acids is 2. The maximum Gasteiger partial charge on any atom is 0.292 e. The number of fused-ring (bicyclic) bond motifs is 1. The van der Waals surface area contributed by atoms with Crippen molar-refractivity contribution >= 4 is 11.7 Å². The van der Waals surface area contributed by atoms with Crippen LogP contribution < -0.4 is 14.8 Å². The Morgan fingerprint density at radius 1 is 1.08 bits per heavy atom. The minimum atomic E-state index is -1.32. The number of nitrogens with one attached hydrogen (secondary N) is 1. The molecular formula is C26H26F2N4O5. The fraction of sp³-hybridized carbons (Fsp3) is 0.346. The summed E-state index contributed by atoms with van der Waals surface area (Å²) in [7, 11) is 0. The number of ketones is 1. The molecule has 11 heteroatoms. The van der Waals surface area contributed by atoms with E-state index in [1.165, 1.54) is 47.4 Å². The lowest BCUT2D eigenvalue weighted by molar-refractivity contribution is -0.118. The molecule has 1 aromatic heterocycles. The van der Waals surface area contributed by atoms with Crippen LogP contribution in [0.2, 0.25) is 0 Å². The highest BCUT2D eigenvalue weighted by atomic mass is 19.1. The zero-order chi connectivity index (χ0) is 25.9. The number of carbonyl (C=O) groups is 2. The van der Waals surface area contributed by atoms with Gasteiger partial charge in [0, 0.05) is 12.7 Å². The Bertz CT molecular complexity index is 1290. The third kappa shape index (κ3) is 5.47. The Balaban J connectivity index is 1.34. The van der Waals surface area contributed by atoms with E-state index in [9.17, 15) is 23.5 Å². The Labute approximate surface area is 211 Å². The number of aliphatic hydroxyl groups is 1. The first-order valence-corrected chi connectivity index (χ1v) is 12.0. The highest BCUT2D eigenvalue weighted by Gasteiger charge is 2.31. The monoisotopic (exact) mass is 512 g/mol. The van der Waals surface area contributed by atoms with E-state index >= 15 is 0 Å². The second-order valence-corrected chi connectivity index (χ2v) is 9.04. The average molecular weight is 513 g/mol. The summed E-state index contributed by atoms with van der Waals surface area (Å²) in [6.45, 7) is 2.31. The minimum absolute atomic E-state index is 0.0179. The van der Waals surface area contributed by atoms with Gasteiger partial charge in [-0.2, -0.15) is 5.10 Å². The van der Waals surface area contributed by atoms with Crippen LogP contribution in [0.25, 0.3) is 5.69 Å². The van der Waals surface area contributed by atoms with Crippen LogP contribution in [-0.2, 0) is 4.79 Å². The van der Waals surface area contributed by atoms with Crippen LogP contribution in [0, 0.1) is 11.6 Å². The molecule has 2 aliphatic rings. The molecule has 1 fully saturated rings. The zero-order valence-corrected chi connectivity index (χ0v) is 19.9. The Morgan fingerprint density at radius 3 is 2.57 bits per heavy atom. The molecule has 0 aliphatic carbocycles. The predicted octanol–water partition coefficient (Wildman–Crippen LogP) is 2.42. The number of amides is 1. The summed E-state index contributed by atoms with van der Waals surface area (Å²) >= 11 is 0. The van der Waals surface area contributed by atoms with Crippen LogP contribution in [0.15, 0.2) is 48.8 Å². The van der Waals surface area contributed by atoms with Crippen molar-refractivity contribution in [3.05, 3.63) is 71.6 Å². The normalized spacial score (nSPS) is 16.8. The number of rotatable bonds is 8. The molecule has 0 saturated carbocycles. The Morgan fingerprint density at radius 2 is 1.81 bits per heavy atom.